The molecule has 3 aromatic heterocycles. The van der Waals surface area contributed by atoms with Crippen molar-refractivity contribution in [2.24, 2.45) is 0 Å². The van der Waals surface area contributed by atoms with Crippen molar-refractivity contribution >= 4 is 44.7 Å². The second-order valence-corrected chi connectivity index (χ2v) is 8.78. The lowest BCUT2D eigenvalue weighted by molar-refractivity contribution is -0.141. The van der Waals surface area contributed by atoms with Crippen LogP contribution >= 0.6 is 0 Å². The van der Waals surface area contributed by atoms with E-state index >= 15 is 0 Å². The van der Waals surface area contributed by atoms with E-state index < -0.39 is 23.5 Å². The van der Waals surface area contributed by atoms with E-state index in [1.807, 2.05) is 44.2 Å². The first-order chi connectivity index (χ1) is 16.8. The molecule has 35 heavy (non-hydrogen) atoms. The Labute approximate surface area is 199 Å². The van der Waals surface area contributed by atoms with Crippen molar-refractivity contribution in [3.8, 4) is 0 Å². The summed E-state index contributed by atoms with van der Waals surface area (Å²) in [7, 11) is 0. The lowest BCUT2D eigenvalue weighted by Crippen LogP contribution is -2.42. The zero-order valence-electron chi connectivity index (χ0n) is 19.3. The minimum atomic E-state index is -1.12. The molecule has 5 aromatic rings. The van der Waals surface area contributed by atoms with E-state index in [0.29, 0.717) is 16.7 Å². The van der Waals surface area contributed by atoms with Crippen LogP contribution in [0.5, 0.6) is 0 Å². The summed E-state index contributed by atoms with van der Waals surface area (Å²) in [5, 5.41) is 14.9. The Hall–Kier alpha value is -4.33. The predicted molar refractivity (Wildman–Crippen MR) is 132 cm³/mol. The van der Waals surface area contributed by atoms with Crippen LogP contribution in [0.4, 0.5) is 0 Å². The fourth-order valence-corrected chi connectivity index (χ4v) is 4.55. The molecule has 0 aliphatic heterocycles. The molecule has 3 N–H and O–H groups in total. The number of rotatable bonds is 7. The summed E-state index contributed by atoms with van der Waals surface area (Å²) in [6.45, 7) is 3.76. The van der Waals surface area contributed by atoms with E-state index in [1.165, 1.54) is 0 Å². The van der Waals surface area contributed by atoms with E-state index in [0.717, 1.165) is 38.4 Å². The van der Waals surface area contributed by atoms with Crippen LogP contribution in [0, 0.1) is 13.8 Å². The minimum absolute atomic E-state index is 0.0399. The van der Waals surface area contributed by atoms with E-state index in [9.17, 15) is 19.5 Å². The average molecular weight is 472 g/mol. The van der Waals surface area contributed by atoms with Crippen molar-refractivity contribution in [3.63, 3.8) is 0 Å². The normalized spacial score (nSPS) is 12.4. The van der Waals surface area contributed by atoms with Crippen LogP contribution in [0.25, 0.3) is 32.8 Å². The minimum Gasteiger partial charge on any atom is -0.480 e. The lowest BCUT2D eigenvalue weighted by Gasteiger charge is -2.14. The number of aliphatic carboxylic acids is 1. The molecule has 0 bridgehead atoms. The van der Waals surface area contributed by atoms with Crippen LogP contribution < -0.4 is 10.9 Å². The van der Waals surface area contributed by atoms with Crippen LogP contribution in [0.1, 0.15) is 28.7 Å². The molecule has 3 heterocycles. The highest BCUT2D eigenvalue weighted by atomic mass is 16.4. The van der Waals surface area contributed by atoms with Crippen LogP contribution in [-0.2, 0) is 22.4 Å². The molecule has 0 saturated heterocycles. The molecule has 0 radical (unpaired) electrons. The first-order valence-corrected chi connectivity index (χ1v) is 11.3. The first kappa shape index (κ1) is 22.5. The molecule has 0 saturated carbocycles. The number of nitrogens with one attached hydrogen (secondary N) is 2. The molecule has 1 amide bonds. The molecule has 0 unspecified atom stereocenters. The zero-order valence-corrected chi connectivity index (χ0v) is 19.3. The Balaban J connectivity index is 1.33. The fraction of sp³-hybridized carbons (Fsp3) is 0.222. The van der Waals surface area contributed by atoms with Crippen molar-refractivity contribution in [2.45, 2.75) is 39.2 Å². The monoisotopic (exact) mass is 472 g/mol. The number of para-hydroxylation sites is 1. The molecule has 5 rings (SSSR count). The summed E-state index contributed by atoms with van der Waals surface area (Å²) in [6, 6.07) is 10.1. The maximum absolute atomic E-state index is 12.7. The standard InChI is InChI=1S/C27H24N2O6/c1-14-13-34-23-11-24-20(10-19(14)23)15(2)17(27(33)35-24)7-8-25(30)29-22(26(31)32)9-16-12-28-21-6-4-3-5-18(16)21/h3-6,10-13,22,28H,7-9H2,1-2H3,(H,29,30)(H,31,32)/t22-/m0/s1. The Kier molecular flexibility index (Phi) is 5.64. The van der Waals surface area contributed by atoms with E-state index in [-0.39, 0.29) is 19.3 Å². The molecular formula is C27H24N2O6. The molecule has 0 aliphatic rings. The third-order valence-corrected chi connectivity index (χ3v) is 6.51. The predicted octanol–water partition coefficient (Wildman–Crippen LogP) is 4.38. The number of aromatic amines is 1. The zero-order chi connectivity index (χ0) is 24.7. The van der Waals surface area contributed by atoms with Crippen LogP contribution in [-0.4, -0.2) is 28.0 Å². The van der Waals surface area contributed by atoms with Crippen molar-refractivity contribution in [1.82, 2.24) is 10.3 Å². The van der Waals surface area contributed by atoms with Gasteiger partial charge in [-0.2, -0.15) is 0 Å². The van der Waals surface area contributed by atoms with Crippen LogP contribution in [0.15, 0.2) is 62.5 Å². The quantitative estimate of drug-likeness (QED) is 0.302. The van der Waals surface area contributed by atoms with E-state index in [4.69, 9.17) is 8.83 Å². The van der Waals surface area contributed by atoms with Crippen LogP contribution in [0.3, 0.4) is 0 Å². The smallest absolute Gasteiger partial charge is 0.339 e. The van der Waals surface area contributed by atoms with E-state index in [2.05, 4.69) is 10.3 Å². The maximum atomic E-state index is 12.7. The number of fused-ring (bicyclic) bond motifs is 3. The van der Waals surface area contributed by atoms with Gasteiger partial charge in [-0.15, -0.1) is 0 Å². The summed E-state index contributed by atoms with van der Waals surface area (Å²) in [6.07, 6.45) is 3.65. The topological polar surface area (TPSA) is 126 Å². The molecule has 0 aliphatic carbocycles. The molecule has 2 aromatic carbocycles. The van der Waals surface area contributed by atoms with Gasteiger partial charge in [0.05, 0.1) is 6.26 Å². The maximum Gasteiger partial charge on any atom is 0.339 e. The highest BCUT2D eigenvalue weighted by molar-refractivity contribution is 5.96. The molecule has 0 spiro atoms. The van der Waals surface area contributed by atoms with Crippen molar-refractivity contribution in [2.75, 3.05) is 0 Å². The third-order valence-electron chi connectivity index (χ3n) is 6.51. The number of amides is 1. The Morgan fingerprint density at radius 2 is 1.89 bits per heavy atom. The molecule has 1 atom stereocenters. The highest BCUT2D eigenvalue weighted by Gasteiger charge is 2.22. The third kappa shape index (κ3) is 4.19. The number of hydrogen-bond donors (Lipinski definition) is 3. The summed E-state index contributed by atoms with van der Waals surface area (Å²) >= 11 is 0. The summed E-state index contributed by atoms with van der Waals surface area (Å²) in [5.41, 5.74) is 4.37. The summed E-state index contributed by atoms with van der Waals surface area (Å²) < 4.78 is 11.0. The summed E-state index contributed by atoms with van der Waals surface area (Å²) in [5.74, 6) is -1.57. The second kappa shape index (κ2) is 8.79. The van der Waals surface area contributed by atoms with E-state index in [1.54, 1.807) is 18.5 Å². The van der Waals surface area contributed by atoms with Gasteiger partial charge in [0.2, 0.25) is 5.91 Å². The SMILES string of the molecule is Cc1coc2cc3oc(=O)c(CCC(=O)N[C@@H](Cc4c[nH]c5ccccc45)C(=O)O)c(C)c3cc12. The number of carboxylic acids is 1. The lowest BCUT2D eigenvalue weighted by atomic mass is 10.00. The van der Waals surface area contributed by atoms with Gasteiger partial charge in [0.15, 0.2) is 0 Å². The Morgan fingerprint density at radius 3 is 2.69 bits per heavy atom. The van der Waals surface area contributed by atoms with Crippen molar-refractivity contribution < 1.29 is 23.5 Å². The largest absolute Gasteiger partial charge is 0.480 e. The van der Waals surface area contributed by atoms with Crippen molar-refractivity contribution in [3.05, 3.63) is 81.5 Å². The van der Waals surface area contributed by atoms with Crippen molar-refractivity contribution in [1.29, 1.82) is 0 Å². The van der Waals surface area contributed by atoms with Gasteiger partial charge in [-0.3, -0.25) is 4.79 Å². The number of H-pyrrole nitrogens is 1. The van der Waals surface area contributed by atoms with Gasteiger partial charge in [-0.05, 0) is 49.1 Å². The molecule has 8 heteroatoms. The van der Waals surface area contributed by atoms with Gasteiger partial charge in [0.1, 0.15) is 17.2 Å². The van der Waals surface area contributed by atoms with Gasteiger partial charge in [-0.25, -0.2) is 9.59 Å². The number of aromatic nitrogens is 1. The number of aryl methyl sites for hydroxylation is 2. The van der Waals surface area contributed by atoms with Gasteiger partial charge in [0.25, 0.3) is 0 Å². The molecule has 178 valence electrons. The second-order valence-electron chi connectivity index (χ2n) is 8.78. The fourth-order valence-electron chi connectivity index (χ4n) is 4.55. The number of benzene rings is 2. The number of carbonyl (C=O) groups is 2. The highest BCUT2D eigenvalue weighted by Crippen LogP contribution is 2.29. The van der Waals surface area contributed by atoms with Gasteiger partial charge >= 0.3 is 11.6 Å². The number of carbonyl (C=O) groups excluding carboxylic acids is 1. The molecule has 8 nitrogen and oxygen atoms in total. The average Bonchev–Trinajstić information content (AvgIpc) is 3.40. The summed E-state index contributed by atoms with van der Waals surface area (Å²) in [4.78, 5) is 40.3. The Bertz CT molecular complexity index is 1660. The van der Waals surface area contributed by atoms with Gasteiger partial charge < -0.3 is 24.2 Å². The number of furan rings is 1. The number of hydrogen-bond acceptors (Lipinski definition) is 5. The van der Waals surface area contributed by atoms with Crippen LogP contribution in [0.2, 0.25) is 0 Å². The molecular weight excluding hydrogens is 448 g/mol. The first-order valence-electron chi connectivity index (χ1n) is 11.3. The molecule has 0 fully saturated rings. The number of carboxylic acid groups (broad SMARTS) is 1. The Morgan fingerprint density at radius 1 is 1.09 bits per heavy atom. The van der Waals surface area contributed by atoms with Gasteiger partial charge in [-0.1, -0.05) is 18.2 Å². The van der Waals surface area contributed by atoms with Gasteiger partial charge in [0, 0.05) is 52.3 Å².